The van der Waals surface area contributed by atoms with Crippen molar-refractivity contribution >= 4 is 77.5 Å². The van der Waals surface area contributed by atoms with E-state index < -0.39 is 5.82 Å². The third kappa shape index (κ3) is 4.30. The number of hydrogen-bond donors (Lipinski definition) is 1. The van der Waals surface area contributed by atoms with Crippen molar-refractivity contribution in [2.24, 2.45) is 0 Å². The number of thiazole rings is 2. The zero-order valence-electron chi connectivity index (χ0n) is 17.9. The Hall–Kier alpha value is -3.95. The van der Waals surface area contributed by atoms with Crippen LogP contribution in [0.1, 0.15) is 12.6 Å². The lowest BCUT2D eigenvalue weighted by Crippen LogP contribution is -2.23. The molecular weight excluding hydrogens is 471 g/mol. The molecule has 168 valence electrons. The van der Waals surface area contributed by atoms with Gasteiger partial charge in [-0.3, -0.25) is 19.8 Å². The zero-order chi connectivity index (χ0) is 23.7. The van der Waals surface area contributed by atoms with Gasteiger partial charge in [0.25, 0.3) is 0 Å². The fourth-order valence-electron chi connectivity index (χ4n) is 3.52. The number of nitrogens with zero attached hydrogens (tertiary/aromatic N) is 3. The number of aromatic nitrogens is 2. The Morgan fingerprint density at radius 2 is 1.82 bits per heavy atom. The summed E-state index contributed by atoms with van der Waals surface area (Å²) in [4.78, 5) is 34.8. The van der Waals surface area contributed by atoms with Crippen LogP contribution in [-0.2, 0) is 9.59 Å². The maximum atomic E-state index is 14.2. The summed E-state index contributed by atoms with van der Waals surface area (Å²) in [7, 11) is 0. The predicted octanol–water partition coefficient (Wildman–Crippen LogP) is 6.38. The van der Waals surface area contributed by atoms with Crippen LogP contribution < -0.4 is 10.2 Å². The number of para-hydroxylation sites is 1. The van der Waals surface area contributed by atoms with Crippen LogP contribution in [-0.4, -0.2) is 21.8 Å². The highest BCUT2D eigenvalue weighted by atomic mass is 32.1. The van der Waals surface area contributed by atoms with E-state index in [4.69, 9.17) is 0 Å². The van der Waals surface area contributed by atoms with Crippen molar-refractivity contribution in [1.82, 2.24) is 9.97 Å². The molecule has 0 saturated heterocycles. The largest absolute Gasteiger partial charge is 0.298 e. The van der Waals surface area contributed by atoms with E-state index in [-0.39, 0.29) is 17.5 Å². The first kappa shape index (κ1) is 21.9. The van der Waals surface area contributed by atoms with Crippen molar-refractivity contribution in [3.63, 3.8) is 0 Å². The second kappa shape index (κ2) is 9.12. The summed E-state index contributed by atoms with van der Waals surface area (Å²) in [6.45, 7) is 1.35. The molecule has 9 heteroatoms. The van der Waals surface area contributed by atoms with Crippen LogP contribution in [0, 0.1) is 5.82 Å². The molecule has 6 nitrogen and oxygen atoms in total. The Kier molecular flexibility index (Phi) is 5.87. The molecule has 1 N–H and O–H groups in total. The second-order valence-corrected chi connectivity index (χ2v) is 9.20. The molecule has 0 unspecified atom stereocenters. The number of halogens is 1. The van der Waals surface area contributed by atoms with Crippen LogP contribution in [0.4, 0.5) is 20.3 Å². The molecule has 0 atom stereocenters. The molecule has 0 radical (unpaired) electrons. The third-order valence-electron chi connectivity index (χ3n) is 5.03. The number of rotatable bonds is 5. The topological polar surface area (TPSA) is 75.2 Å². The molecule has 2 amide bonds. The molecule has 0 aliphatic rings. The molecule has 5 aromatic rings. The summed E-state index contributed by atoms with van der Waals surface area (Å²) in [5.74, 6) is -1.24. The van der Waals surface area contributed by atoms with Crippen molar-refractivity contribution in [1.29, 1.82) is 0 Å². The second-order valence-electron chi connectivity index (χ2n) is 7.34. The van der Waals surface area contributed by atoms with E-state index in [0.29, 0.717) is 16.0 Å². The first-order chi connectivity index (χ1) is 16.5. The first-order valence-corrected chi connectivity index (χ1v) is 12.0. The van der Waals surface area contributed by atoms with E-state index >= 15 is 0 Å². The highest BCUT2D eigenvalue weighted by Crippen LogP contribution is 2.32. The van der Waals surface area contributed by atoms with Gasteiger partial charge in [0, 0.05) is 23.8 Å². The van der Waals surface area contributed by atoms with Gasteiger partial charge in [-0.25, -0.2) is 14.4 Å². The van der Waals surface area contributed by atoms with Gasteiger partial charge in [-0.2, -0.15) is 0 Å². The van der Waals surface area contributed by atoms with E-state index in [1.165, 1.54) is 58.8 Å². The summed E-state index contributed by atoms with van der Waals surface area (Å²) in [6.07, 6.45) is 2.89. The minimum absolute atomic E-state index is 0.126. The van der Waals surface area contributed by atoms with Crippen molar-refractivity contribution in [3.8, 4) is 0 Å². The average Bonchev–Trinajstić information content (AvgIpc) is 3.46. The number of hydrogen-bond acceptors (Lipinski definition) is 6. The lowest BCUT2D eigenvalue weighted by Gasteiger charge is -2.18. The van der Waals surface area contributed by atoms with Crippen LogP contribution in [0.2, 0.25) is 0 Å². The summed E-state index contributed by atoms with van der Waals surface area (Å²) in [5, 5.41) is 7.43. The molecule has 2 aromatic heterocycles. The SMILES string of the molecule is CC(=O)N(c1nc(/C=C/C(=O)Nc2nc3c(ccc4ccccc43)s2)cs1)c1ccccc1F. The molecule has 3 aromatic carbocycles. The van der Waals surface area contributed by atoms with Gasteiger partial charge >= 0.3 is 0 Å². The van der Waals surface area contributed by atoms with Gasteiger partial charge in [0.05, 0.1) is 21.6 Å². The van der Waals surface area contributed by atoms with Crippen molar-refractivity contribution in [3.05, 3.63) is 83.6 Å². The zero-order valence-corrected chi connectivity index (χ0v) is 19.5. The average molecular weight is 489 g/mol. The first-order valence-electron chi connectivity index (χ1n) is 10.3. The minimum Gasteiger partial charge on any atom is -0.298 e. The Morgan fingerprint density at radius 3 is 2.65 bits per heavy atom. The van der Waals surface area contributed by atoms with Gasteiger partial charge in [-0.15, -0.1) is 11.3 Å². The van der Waals surface area contributed by atoms with Gasteiger partial charge in [0.15, 0.2) is 10.3 Å². The molecule has 0 aliphatic carbocycles. The molecule has 0 fully saturated rings. The standard InChI is InChI=1S/C25H17FN4O2S2/c1-15(31)30(20-9-5-4-8-19(20)26)25-27-17(14-33-25)11-13-22(32)28-24-29-23-18-7-3-2-6-16(18)10-12-21(23)34-24/h2-14H,1H3,(H,28,29,32)/b13-11+. The van der Waals surface area contributed by atoms with Gasteiger partial charge in [-0.05, 0) is 29.7 Å². The maximum absolute atomic E-state index is 14.2. The van der Waals surface area contributed by atoms with Crippen LogP contribution in [0.5, 0.6) is 0 Å². The van der Waals surface area contributed by atoms with Gasteiger partial charge < -0.3 is 0 Å². The number of anilines is 3. The van der Waals surface area contributed by atoms with Gasteiger partial charge in [0.2, 0.25) is 11.8 Å². The Bertz CT molecular complexity index is 1570. The fourth-order valence-corrected chi connectivity index (χ4v) is 5.25. The Morgan fingerprint density at radius 1 is 1.03 bits per heavy atom. The minimum atomic E-state index is -0.520. The molecule has 0 bridgehead atoms. The quantitative estimate of drug-likeness (QED) is 0.291. The number of carbonyl (C=O) groups is 2. The van der Waals surface area contributed by atoms with E-state index in [2.05, 4.69) is 15.3 Å². The van der Waals surface area contributed by atoms with Crippen LogP contribution in [0.15, 0.2) is 72.1 Å². The van der Waals surface area contributed by atoms with Crippen molar-refractivity contribution < 1.29 is 14.0 Å². The monoisotopic (exact) mass is 488 g/mol. The summed E-state index contributed by atoms with van der Waals surface area (Å²) >= 11 is 2.59. The van der Waals surface area contributed by atoms with Gasteiger partial charge in [-0.1, -0.05) is 53.8 Å². The summed E-state index contributed by atoms with van der Waals surface area (Å²) in [5.41, 5.74) is 1.46. The Labute approximate surface area is 202 Å². The van der Waals surface area contributed by atoms with Crippen molar-refractivity contribution in [2.75, 3.05) is 10.2 Å². The molecule has 0 saturated carbocycles. The summed E-state index contributed by atoms with van der Waals surface area (Å²) < 4.78 is 15.2. The number of fused-ring (bicyclic) bond motifs is 3. The van der Waals surface area contributed by atoms with Crippen LogP contribution >= 0.6 is 22.7 Å². The third-order valence-corrected chi connectivity index (χ3v) is 6.81. The predicted molar refractivity (Wildman–Crippen MR) is 136 cm³/mol. The lowest BCUT2D eigenvalue weighted by molar-refractivity contribution is -0.116. The summed E-state index contributed by atoms with van der Waals surface area (Å²) in [6, 6.07) is 18.0. The highest BCUT2D eigenvalue weighted by molar-refractivity contribution is 7.22. The number of benzene rings is 3. The number of carbonyl (C=O) groups excluding carboxylic acids is 2. The van der Waals surface area contributed by atoms with E-state index in [1.54, 1.807) is 17.5 Å². The molecular formula is C25H17FN4O2S2. The molecule has 0 spiro atoms. The molecule has 34 heavy (non-hydrogen) atoms. The Balaban J connectivity index is 1.33. The van der Waals surface area contributed by atoms with Crippen molar-refractivity contribution in [2.45, 2.75) is 6.92 Å². The normalized spacial score (nSPS) is 11.4. The number of amides is 2. The molecule has 2 heterocycles. The smallest absolute Gasteiger partial charge is 0.250 e. The molecule has 5 rings (SSSR count). The highest BCUT2D eigenvalue weighted by Gasteiger charge is 2.20. The number of nitrogens with one attached hydrogen (secondary N) is 1. The molecule has 0 aliphatic heterocycles. The van der Waals surface area contributed by atoms with Crippen LogP contribution in [0.25, 0.3) is 27.1 Å². The van der Waals surface area contributed by atoms with E-state index in [9.17, 15) is 14.0 Å². The van der Waals surface area contributed by atoms with Gasteiger partial charge in [0.1, 0.15) is 5.82 Å². The van der Waals surface area contributed by atoms with Crippen LogP contribution in [0.3, 0.4) is 0 Å². The fraction of sp³-hybridized carbons (Fsp3) is 0.0400. The van der Waals surface area contributed by atoms with E-state index in [1.807, 2.05) is 36.4 Å². The lowest BCUT2D eigenvalue weighted by atomic mass is 10.1. The maximum Gasteiger partial charge on any atom is 0.250 e. The van der Waals surface area contributed by atoms with E-state index in [0.717, 1.165) is 21.0 Å².